The normalized spacial score (nSPS) is 11.4. The van der Waals surface area contributed by atoms with Gasteiger partial charge < -0.3 is 15.8 Å². The van der Waals surface area contributed by atoms with E-state index in [1.807, 2.05) is 25.1 Å². The highest BCUT2D eigenvalue weighted by Gasteiger charge is 2.11. The second-order valence-corrected chi connectivity index (χ2v) is 5.21. The number of hydrogen-bond donors (Lipinski definition) is 4. The number of nitrogen functional groups attached to an aromatic ring is 1. The van der Waals surface area contributed by atoms with E-state index in [1.54, 1.807) is 12.1 Å². The van der Waals surface area contributed by atoms with Crippen molar-refractivity contribution in [2.45, 2.75) is 26.3 Å². The summed E-state index contributed by atoms with van der Waals surface area (Å²) < 4.78 is 5.35. The van der Waals surface area contributed by atoms with Gasteiger partial charge >= 0.3 is 0 Å². The Kier molecular flexibility index (Phi) is 6.18. The molecule has 0 saturated carbocycles. The van der Waals surface area contributed by atoms with Gasteiger partial charge in [0.05, 0.1) is 0 Å². The molecular formula is C16H22N6O2. The van der Waals surface area contributed by atoms with Crippen LogP contribution in [0, 0.1) is 0 Å². The summed E-state index contributed by atoms with van der Waals surface area (Å²) in [5.41, 5.74) is 11.5. The maximum atomic E-state index is 11.8. The maximum Gasteiger partial charge on any atom is 0.276 e. The van der Waals surface area contributed by atoms with Gasteiger partial charge in [0.2, 0.25) is 0 Å². The Morgan fingerprint density at radius 1 is 1.25 bits per heavy atom. The fourth-order valence-corrected chi connectivity index (χ4v) is 1.78. The maximum absolute atomic E-state index is 11.8. The van der Waals surface area contributed by atoms with Crippen molar-refractivity contribution in [1.29, 1.82) is 0 Å². The van der Waals surface area contributed by atoms with Gasteiger partial charge in [0.25, 0.3) is 5.91 Å². The largest absolute Gasteiger partial charge is 0.484 e. The van der Waals surface area contributed by atoms with Crippen molar-refractivity contribution in [3.63, 3.8) is 0 Å². The zero-order chi connectivity index (χ0) is 17.4. The van der Waals surface area contributed by atoms with E-state index in [1.165, 1.54) is 6.33 Å². The van der Waals surface area contributed by atoms with Crippen molar-refractivity contribution < 1.29 is 9.53 Å². The van der Waals surface area contributed by atoms with Crippen LogP contribution in [-0.4, -0.2) is 28.5 Å². The highest BCUT2D eigenvalue weighted by molar-refractivity contribution is 5.81. The number of nitrogens with one attached hydrogen (secondary N) is 3. The monoisotopic (exact) mass is 330 g/mol. The molecule has 8 heteroatoms. The van der Waals surface area contributed by atoms with Gasteiger partial charge in [-0.1, -0.05) is 25.1 Å². The van der Waals surface area contributed by atoms with Crippen molar-refractivity contribution in [2.24, 2.45) is 0 Å². The average molecular weight is 330 g/mol. The molecule has 0 saturated heterocycles. The first-order valence-corrected chi connectivity index (χ1v) is 7.69. The van der Waals surface area contributed by atoms with Crippen LogP contribution in [0.25, 0.3) is 0 Å². The van der Waals surface area contributed by atoms with E-state index in [-0.39, 0.29) is 18.6 Å². The van der Waals surface area contributed by atoms with Crippen LogP contribution in [-0.2, 0) is 4.79 Å². The second-order valence-electron chi connectivity index (χ2n) is 5.21. The van der Waals surface area contributed by atoms with Crippen molar-refractivity contribution in [3.05, 3.63) is 36.7 Å². The first kappa shape index (κ1) is 17.3. The molecule has 2 aromatic rings. The lowest BCUT2D eigenvalue weighted by atomic mass is 10.2. The third kappa shape index (κ3) is 5.01. The van der Waals surface area contributed by atoms with Crippen LogP contribution in [0.1, 0.15) is 20.3 Å². The SMILES string of the molecule is CCC(C)Nc1ncnc(NNC(=O)COc2ccccc2)c1N. The molecule has 1 heterocycles. The number of nitrogens with zero attached hydrogens (tertiary/aromatic N) is 2. The number of benzene rings is 1. The van der Waals surface area contributed by atoms with Gasteiger partial charge in [0, 0.05) is 6.04 Å². The number of carbonyl (C=O) groups excluding carboxylic acids is 1. The second kappa shape index (κ2) is 8.56. The van der Waals surface area contributed by atoms with Gasteiger partial charge in [-0.15, -0.1) is 0 Å². The summed E-state index contributed by atoms with van der Waals surface area (Å²) in [6.07, 6.45) is 2.30. The number of nitrogens with two attached hydrogens (primary N) is 1. The van der Waals surface area contributed by atoms with Crippen LogP contribution in [0.4, 0.5) is 17.3 Å². The molecule has 1 atom stereocenters. The van der Waals surface area contributed by atoms with E-state index in [0.717, 1.165) is 6.42 Å². The highest BCUT2D eigenvalue weighted by Crippen LogP contribution is 2.22. The molecule has 1 aromatic carbocycles. The number of carbonyl (C=O) groups is 1. The first-order valence-electron chi connectivity index (χ1n) is 7.69. The van der Waals surface area contributed by atoms with E-state index in [2.05, 4.69) is 33.1 Å². The van der Waals surface area contributed by atoms with Crippen LogP contribution in [0.3, 0.4) is 0 Å². The molecular weight excluding hydrogens is 308 g/mol. The highest BCUT2D eigenvalue weighted by atomic mass is 16.5. The Morgan fingerprint density at radius 2 is 1.96 bits per heavy atom. The third-order valence-corrected chi connectivity index (χ3v) is 3.31. The van der Waals surface area contributed by atoms with Gasteiger partial charge in [0.1, 0.15) is 17.8 Å². The molecule has 0 radical (unpaired) electrons. The van der Waals surface area contributed by atoms with Gasteiger partial charge in [-0.25, -0.2) is 9.97 Å². The van der Waals surface area contributed by atoms with Gasteiger partial charge in [0.15, 0.2) is 18.2 Å². The lowest BCUT2D eigenvalue weighted by Gasteiger charge is -2.16. The van der Waals surface area contributed by atoms with E-state index < -0.39 is 0 Å². The summed E-state index contributed by atoms with van der Waals surface area (Å²) in [7, 11) is 0. The molecule has 0 spiro atoms. The minimum absolute atomic E-state index is 0.125. The molecule has 1 amide bonds. The van der Waals surface area contributed by atoms with Crippen LogP contribution < -0.4 is 26.6 Å². The molecule has 0 aliphatic heterocycles. The number of ether oxygens (including phenoxy) is 1. The molecule has 8 nitrogen and oxygen atoms in total. The zero-order valence-corrected chi connectivity index (χ0v) is 13.7. The molecule has 24 heavy (non-hydrogen) atoms. The van der Waals surface area contributed by atoms with Crippen molar-refractivity contribution in [1.82, 2.24) is 15.4 Å². The zero-order valence-electron chi connectivity index (χ0n) is 13.7. The molecule has 1 unspecified atom stereocenters. The minimum atomic E-state index is -0.353. The van der Waals surface area contributed by atoms with Gasteiger partial charge in [-0.3, -0.25) is 15.6 Å². The standard InChI is InChI=1S/C16H22N6O2/c1-3-11(2)20-15-14(17)16(19-10-18-15)22-21-13(23)9-24-12-7-5-4-6-8-12/h4-8,10-11H,3,9,17H2,1-2H3,(H,21,23)(H2,18,19,20,22). The fourth-order valence-electron chi connectivity index (χ4n) is 1.78. The van der Waals surface area contributed by atoms with Gasteiger partial charge in [-0.2, -0.15) is 0 Å². The lowest BCUT2D eigenvalue weighted by Crippen LogP contribution is -2.34. The van der Waals surface area contributed by atoms with E-state index >= 15 is 0 Å². The fraction of sp³-hybridized carbons (Fsp3) is 0.312. The number of para-hydroxylation sites is 1. The summed E-state index contributed by atoms with van der Waals surface area (Å²) >= 11 is 0. The molecule has 5 N–H and O–H groups in total. The van der Waals surface area contributed by atoms with Crippen LogP contribution in [0.2, 0.25) is 0 Å². The quantitative estimate of drug-likeness (QED) is 0.546. The van der Waals surface area contributed by atoms with Crippen molar-refractivity contribution in [2.75, 3.05) is 23.1 Å². The molecule has 128 valence electrons. The number of aromatic nitrogens is 2. The molecule has 0 aliphatic rings. The Morgan fingerprint density at radius 3 is 2.67 bits per heavy atom. The Hall–Kier alpha value is -3.03. The Labute approximate surface area is 140 Å². The molecule has 2 rings (SSSR count). The summed E-state index contributed by atoms with van der Waals surface area (Å²) in [4.78, 5) is 19.9. The molecule has 1 aromatic heterocycles. The van der Waals surface area contributed by atoms with Gasteiger partial charge in [-0.05, 0) is 25.5 Å². The first-order chi connectivity index (χ1) is 11.6. The summed E-state index contributed by atoms with van der Waals surface area (Å²) in [5, 5.41) is 3.18. The lowest BCUT2D eigenvalue weighted by molar-refractivity contribution is -0.122. The van der Waals surface area contributed by atoms with E-state index in [9.17, 15) is 4.79 Å². The number of hydrogen-bond acceptors (Lipinski definition) is 7. The molecule has 0 aliphatic carbocycles. The number of hydrazine groups is 1. The summed E-state index contributed by atoms with van der Waals surface area (Å²) in [5.74, 6) is 1.11. The summed E-state index contributed by atoms with van der Waals surface area (Å²) in [6.45, 7) is 3.96. The summed E-state index contributed by atoms with van der Waals surface area (Å²) in [6, 6.07) is 9.31. The minimum Gasteiger partial charge on any atom is -0.484 e. The number of amides is 1. The van der Waals surface area contributed by atoms with E-state index in [0.29, 0.717) is 23.1 Å². The van der Waals surface area contributed by atoms with E-state index in [4.69, 9.17) is 10.5 Å². The predicted octanol–water partition coefficient (Wildman–Crippen LogP) is 1.79. The number of rotatable bonds is 8. The topological polar surface area (TPSA) is 114 Å². The van der Waals surface area contributed by atoms with Crippen LogP contribution in [0.15, 0.2) is 36.7 Å². The van der Waals surface area contributed by atoms with Crippen molar-refractivity contribution >= 4 is 23.2 Å². The Balaban J connectivity index is 1.87. The smallest absolute Gasteiger partial charge is 0.276 e. The predicted molar refractivity (Wildman–Crippen MR) is 93.5 cm³/mol. The van der Waals surface area contributed by atoms with Crippen molar-refractivity contribution in [3.8, 4) is 5.75 Å². The Bertz CT molecular complexity index is 665. The molecule has 0 bridgehead atoms. The molecule has 0 fully saturated rings. The number of anilines is 3. The van der Waals surface area contributed by atoms with Crippen LogP contribution >= 0.6 is 0 Å². The third-order valence-electron chi connectivity index (χ3n) is 3.31. The van der Waals surface area contributed by atoms with Crippen LogP contribution in [0.5, 0.6) is 5.75 Å². The average Bonchev–Trinajstić information content (AvgIpc) is 2.61.